The average molecular weight is 261 g/mol. The second kappa shape index (κ2) is 6.06. The molecule has 0 heterocycles. The minimum absolute atomic E-state index is 0.0686. The average Bonchev–Trinajstić information content (AvgIpc) is 2.42. The van der Waals surface area contributed by atoms with Gasteiger partial charge in [0.1, 0.15) is 0 Å². The highest BCUT2D eigenvalue weighted by Crippen LogP contribution is 2.35. The van der Waals surface area contributed by atoms with Crippen molar-refractivity contribution in [2.45, 2.75) is 70.1 Å². The molecule has 0 amide bonds. The number of hydrogen-bond acceptors (Lipinski definition) is 2. The van der Waals surface area contributed by atoms with Crippen LogP contribution in [-0.4, -0.2) is 17.7 Å². The summed E-state index contributed by atoms with van der Waals surface area (Å²) in [5.74, 6) is 0.596. The summed E-state index contributed by atoms with van der Waals surface area (Å²) in [6, 6.07) is 11.0. The molecule has 3 unspecified atom stereocenters. The number of hydrogen-bond donors (Lipinski definition) is 1. The topological polar surface area (TPSA) is 35.2 Å². The van der Waals surface area contributed by atoms with Gasteiger partial charge in [-0.25, -0.2) is 0 Å². The highest BCUT2D eigenvalue weighted by atomic mass is 16.5. The fraction of sp³-hybridized carbons (Fsp3) is 0.647. The molecule has 2 heteroatoms. The summed E-state index contributed by atoms with van der Waals surface area (Å²) in [6.45, 7) is 6.49. The lowest BCUT2D eigenvalue weighted by Crippen LogP contribution is -2.45. The first kappa shape index (κ1) is 14.5. The third kappa shape index (κ3) is 3.80. The minimum Gasteiger partial charge on any atom is -0.371 e. The molecule has 0 spiro atoms. The maximum Gasteiger partial charge on any atom is 0.0739 e. The molecule has 2 rings (SSSR count). The third-order valence-electron chi connectivity index (χ3n) is 4.44. The molecule has 1 aliphatic rings. The Morgan fingerprint density at radius 2 is 1.89 bits per heavy atom. The van der Waals surface area contributed by atoms with Gasteiger partial charge >= 0.3 is 0 Å². The molecule has 0 saturated heterocycles. The predicted molar refractivity (Wildman–Crippen MR) is 80.3 cm³/mol. The molecule has 0 bridgehead atoms. The fourth-order valence-corrected chi connectivity index (χ4v) is 2.81. The van der Waals surface area contributed by atoms with E-state index in [-0.39, 0.29) is 17.7 Å². The first-order valence-corrected chi connectivity index (χ1v) is 7.50. The van der Waals surface area contributed by atoms with E-state index >= 15 is 0 Å². The van der Waals surface area contributed by atoms with E-state index in [0.29, 0.717) is 5.92 Å². The summed E-state index contributed by atoms with van der Waals surface area (Å²) in [7, 11) is 0. The van der Waals surface area contributed by atoms with Gasteiger partial charge in [0, 0.05) is 6.04 Å². The maximum absolute atomic E-state index is 6.27. The lowest BCUT2D eigenvalue weighted by atomic mass is 9.80. The van der Waals surface area contributed by atoms with E-state index in [4.69, 9.17) is 10.5 Å². The highest BCUT2D eigenvalue weighted by molar-refractivity contribution is 5.20. The van der Waals surface area contributed by atoms with E-state index in [1.807, 2.05) is 0 Å². The molecule has 3 atom stereocenters. The maximum atomic E-state index is 6.27. The van der Waals surface area contributed by atoms with Gasteiger partial charge in [-0.2, -0.15) is 0 Å². The minimum atomic E-state index is -0.0686. The van der Waals surface area contributed by atoms with Crippen LogP contribution in [0.25, 0.3) is 0 Å². The zero-order chi connectivity index (χ0) is 13.9. The van der Waals surface area contributed by atoms with Crippen molar-refractivity contribution in [3.8, 4) is 0 Å². The van der Waals surface area contributed by atoms with Crippen molar-refractivity contribution in [3.05, 3.63) is 35.9 Å². The van der Waals surface area contributed by atoms with E-state index in [2.05, 4.69) is 51.1 Å². The summed E-state index contributed by atoms with van der Waals surface area (Å²) in [5.41, 5.74) is 7.62. The Kier molecular flexibility index (Phi) is 4.64. The molecule has 0 aromatic heterocycles. The van der Waals surface area contributed by atoms with Crippen LogP contribution in [0.1, 0.15) is 57.9 Å². The highest BCUT2D eigenvalue weighted by Gasteiger charge is 2.33. The number of benzene rings is 1. The van der Waals surface area contributed by atoms with Crippen LogP contribution in [0.5, 0.6) is 0 Å². The van der Waals surface area contributed by atoms with Crippen molar-refractivity contribution in [1.29, 1.82) is 0 Å². The smallest absolute Gasteiger partial charge is 0.0739 e. The van der Waals surface area contributed by atoms with Crippen LogP contribution >= 0.6 is 0 Å². The van der Waals surface area contributed by atoms with Gasteiger partial charge in [0.15, 0.2) is 0 Å². The van der Waals surface area contributed by atoms with E-state index in [9.17, 15) is 0 Å². The van der Waals surface area contributed by atoms with Crippen molar-refractivity contribution in [2.24, 2.45) is 5.73 Å². The van der Waals surface area contributed by atoms with E-state index in [1.54, 1.807) is 0 Å². The van der Waals surface area contributed by atoms with Crippen molar-refractivity contribution in [1.82, 2.24) is 0 Å². The van der Waals surface area contributed by atoms with Gasteiger partial charge in [0.2, 0.25) is 0 Å². The SMILES string of the molecule is CCC(C)(C)OC1CC(c2ccccc2)CCC1N. The normalized spacial score (nSPS) is 28.3. The monoisotopic (exact) mass is 261 g/mol. The largest absolute Gasteiger partial charge is 0.371 e. The van der Waals surface area contributed by atoms with Crippen LogP contribution in [-0.2, 0) is 4.74 Å². The number of nitrogens with two attached hydrogens (primary N) is 1. The van der Waals surface area contributed by atoms with Crippen LogP contribution in [0.4, 0.5) is 0 Å². The molecule has 0 radical (unpaired) electrons. The molecule has 0 aliphatic heterocycles. The van der Waals surface area contributed by atoms with Gasteiger partial charge in [0.25, 0.3) is 0 Å². The van der Waals surface area contributed by atoms with Crippen LogP contribution < -0.4 is 5.73 Å². The summed E-state index contributed by atoms with van der Waals surface area (Å²) in [6.07, 6.45) is 4.50. The molecule has 1 aromatic rings. The van der Waals surface area contributed by atoms with Crippen molar-refractivity contribution in [3.63, 3.8) is 0 Å². The Balaban J connectivity index is 2.04. The van der Waals surface area contributed by atoms with Gasteiger partial charge in [-0.3, -0.25) is 0 Å². The van der Waals surface area contributed by atoms with E-state index in [0.717, 1.165) is 19.3 Å². The van der Waals surface area contributed by atoms with Crippen molar-refractivity contribution in [2.75, 3.05) is 0 Å². The Labute approximate surface area is 117 Å². The Morgan fingerprint density at radius 3 is 2.53 bits per heavy atom. The molecular formula is C17H27NO. The lowest BCUT2D eigenvalue weighted by molar-refractivity contribution is -0.0961. The van der Waals surface area contributed by atoms with Crippen molar-refractivity contribution >= 4 is 0 Å². The molecule has 1 fully saturated rings. The molecule has 2 nitrogen and oxygen atoms in total. The van der Waals surface area contributed by atoms with Crippen LogP contribution in [0.2, 0.25) is 0 Å². The van der Waals surface area contributed by atoms with Gasteiger partial charge < -0.3 is 10.5 Å². The first-order valence-electron chi connectivity index (χ1n) is 7.50. The quantitative estimate of drug-likeness (QED) is 0.893. The molecule has 1 aromatic carbocycles. The molecular weight excluding hydrogens is 234 g/mol. The fourth-order valence-electron chi connectivity index (χ4n) is 2.81. The first-order chi connectivity index (χ1) is 9.02. The molecule has 2 N–H and O–H groups in total. The Hall–Kier alpha value is -0.860. The van der Waals surface area contributed by atoms with E-state index in [1.165, 1.54) is 12.0 Å². The Bertz CT molecular complexity index is 388. The number of ether oxygens (including phenoxy) is 1. The second-order valence-corrected chi connectivity index (χ2v) is 6.35. The summed E-state index contributed by atoms with van der Waals surface area (Å²) in [5, 5.41) is 0. The standard InChI is InChI=1S/C17H27NO/c1-4-17(2,3)19-16-12-14(10-11-15(16)18)13-8-6-5-7-9-13/h5-9,14-16H,4,10-12,18H2,1-3H3. The van der Waals surface area contributed by atoms with Gasteiger partial charge in [0.05, 0.1) is 11.7 Å². The zero-order valence-corrected chi connectivity index (χ0v) is 12.4. The summed E-state index contributed by atoms with van der Waals surface area (Å²) >= 11 is 0. The summed E-state index contributed by atoms with van der Waals surface area (Å²) < 4.78 is 6.27. The van der Waals surface area contributed by atoms with Crippen molar-refractivity contribution < 1.29 is 4.74 Å². The van der Waals surface area contributed by atoms with Gasteiger partial charge in [-0.05, 0) is 51.0 Å². The summed E-state index contributed by atoms with van der Waals surface area (Å²) in [4.78, 5) is 0. The van der Waals surface area contributed by atoms with Crippen LogP contribution in [0.3, 0.4) is 0 Å². The van der Waals surface area contributed by atoms with Gasteiger partial charge in [-0.1, -0.05) is 37.3 Å². The Morgan fingerprint density at radius 1 is 1.21 bits per heavy atom. The second-order valence-electron chi connectivity index (χ2n) is 6.35. The number of rotatable bonds is 4. The van der Waals surface area contributed by atoms with Crippen LogP contribution in [0.15, 0.2) is 30.3 Å². The third-order valence-corrected chi connectivity index (χ3v) is 4.44. The van der Waals surface area contributed by atoms with E-state index < -0.39 is 0 Å². The molecule has 106 valence electrons. The van der Waals surface area contributed by atoms with Crippen LogP contribution in [0, 0.1) is 0 Å². The molecule has 1 aliphatic carbocycles. The van der Waals surface area contributed by atoms with Gasteiger partial charge in [-0.15, -0.1) is 0 Å². The zero-order valence-electron chi connectivity index (χ0n) is 12.4. The molecule has 1 saturated carbocycles. The predicted octanol–water partition coefficient (Wildman–Crippen LogP) is 3.86. The molecule has 19 heavy (non-hydrogen) atoms. The lowest BCUT2D eigenvalue weighted by Gasteiger charge is -2.39.